The van der Waals surface area contributed by atoms with Gasteiger partial charge in [-0.2, -0.15) is 0 Å². The molecule has 1 unspecified atom stereocenters. The number of hydrogen-bond acceptors (Lipinski definition) is 3. The number of esters is 1. The summed E-state index contributed by atoms with van der Waals surface area (Å²) in [5, 5.41) is 0. The SMILES string of the molecule is CCCCc1ccc(-c2ccc(CCCOC(=O)C(C)COC)cc2)cc1. The Morgan fingerprint density at radius 2 is 1.41 bits per heavy atom. The minimum atomic E-state index is -0.206. The molecular formula is C24H32O3. The van der Waals surface area contributed by atoms with Crippen LogP contribution in [0, 0.1) is 5.92 Å². The molecule has 2 rings (SSSR count). The highest BCUT2D eigenvalue weighted by Gasteiger charge is 2.13. The van der Waals surface area contributed by atoms with Gasteiger partial charge in [0.2, 0.25) is 0 Å². The third-order valence-corrected chi connectivity index (χ3v) is 4.73. The molecule has 0 saturated heterocycles. The molecule has 0 N–H and O–H groups in total. The van der Waals surface area contributed by atoms with Gasteiger partial charge in [-0.15, -0.1) is 0 Å². The van der Waals surface area contributed by atoms with Gasteiger partial charge in [-0.3, -0.25) is 4.79 Å². The molecule has 2 aromatic rings. The van der Waals surface area contributed by atoms with Crippen molar-refractivity contribution in [2.24, 2.45) is 5.92 Å². The van der Waals surface area contributed by atoms with E-state index in [1.807, 2.05) is 6.92 Å². The Hall–Kier alpha value is -2.13. The molecule has 0 aliphatic carbocycles. The number of rotatable bonds is 11. The largest absolute Gasteiger partial charge is 0.465 e. The maximum atomic E-state index is 11.7. The van der Waals surface area contributed by atoms with E-state index < -0.39 is 0 Å². The number of carbonyl (C=O) groups is 1. The lowest BCUT2D eigenvalue weighted by Crippen LogP contribution is -2.19. The van der Waals surface area contributed by atoms with Crippen LogP contribution in [0.2, 0.25) is 0 Å². The van der Waals surface area contributed by atoms with Gasteiger partial charge in [0.25, 0.3) is 0 Å². The van der Waals surface area contributed by atoms with Gasteiger partial charge >= 0.3 is 5.97 Å². The molecule has 2 aromatic carbocycles. The van der Waals surface area contributed by atoms with Crippen LogP contribution in [-0.2, 0) is 27.1 Å². The van der Waals surface area contributed by atoms with Crippen molar-refractivity contribution in [3.63, 3.8) is 0 Å². The first-order valence-electron chi connectivity index (χ1n) is 9.98. The molecular weight excluding hydrogens is 336 g/mol. The number of ether oxygens (including phenoxy) is 2. The Labute approximate surface area is 163 Å². The Kier molecular flexibility index (Phi) is 9.06. The molecule has 1 atom stereocenters. The fraction of sp³-hybridized carbons (Fsp3) is 0.458. The summed E-state index contributed by atoms with van der Waals surface area (Å²) in [6.45, 7) is 4.90. The average molecular weight is 369 g/mol. The maximum absolute atomic E-state index is 11.7. The molecule has 0 heterocycles. The van der Waals surface area contributed by atoms with Gasteiger partial charge in [0, 0.05) is 7.11 Å². The summed E-state index contributed by atoms with van der Waals surface area (Å²) >= 11 is 0. The van der Waals surface area contributed by atoms with E-state index in [4.69, 9.17) is 9.47 Å². The summed E-state index contributed by atoms with van der Waals surface area (Å²) in [6, 6.07) is 17.6. The molecule has 0 amide bonds. The van der Waals surface area contributed by atoms with Crippen LogP contribution < -0.4 is 0 Å². The maximum Gasteiger partial charge on any atom is 0.310 e. The Bertz CT molecular complexity index is 674. The zero-order chi connectivity index (χ0) is 19.5. The lowest BCUT2D eigenvalue weighted by Gasteiger charge is -2.10. The van der Waals surface area contributed by atoms with Crippen molar-refractivity contribution >= 4 is 5.97 Å². The van der Waals surface area contributed by atoms with Crippen molar-refractivity contribution in [3.8, 4) is 11.1 Å². The molecule has 0 bridgehead atoms. The van der Waals surface area contributed by atoms with E-state index in [-0.39, 0.29) is 11.9 Å². The van der Waals surface area contributed by atoms with Crippen molar-refractivity contribution in [3.05, 3.63) is 59.7 Å². The molecule has 27 heavy (non-hydrogen) atoms. The number of unbranched alkanes of at least 4 members (excludes halogenated alkanes) is 1. The van der Waals surface area contributed by atoms with E-state index in [2.05, 4.69) is 55.5 Å². The zero-order valence-electron chi connectivity index (χ0n) is 16.9. The van der Waals surface area contributed by atoms with Gasteiger partial charge in [-0.25, -0.2) is 0 Å². The summed E-state index contributed by atoms with van der Waals surface area (Å²) in [7, 11) is 1.59. The topological polar surface area (TPSA) is 35.5 Å². The fourth-order valence-electron chi connectivity index (χ4n) is 3.02. The van der Waals surface area contributed by atoms with Crippen LogP contribution in [0.3, 0.4) is 0 Å². The summed E-state index contributed by atoms with van der Waals surface area (Å²) in [5.41, 5.74) is 5.16. The second kappa shape index (κ2) is 11.6. The Balaban J connectivity index is 1.78. The highest BCUT2D eigenvalue weighted by Crippen LogP contribution is 2.21. The molecule has 0 spiro atoms. The lowest BCUT2D eigenvalue weighted by atomic mass is 10.00. The second-order valence-electron chi connectivity index (χ2n) is 7.12. The van der Waals surface area contributed by atoms with Crippen LogP contribution in [0.25, 0.3) is 11.1 Å². The van der Waals surface area contributed by atoms with E-state index >= 15 is 0 Å². The predicted octanol–water partition coefficient (Wildman–Crippen LogP) is 5.45. The van der Waals surface area contributed by atoms with Crippen LogP contribution in [0.1, 0.15) is 44.2 Å². The highest BCUT2D eigenvalue weighted by atomic mass is 16.5. The minimum absolute atomic E-state index is 0.186. The average Bonchev–Trinajstić information content (AvgIpc) is 2.70. The third-order valence-electron chi connectivity index (χ3n) is 4.73. The molecule has 3 heteroatoms. The van der Waals surface area contributed by atoms with Crippen LogP contribution in [0.5, 0.6) is 0 Å². The Morgan fingerprint density at radius 3 is 1.89 bits per heavy atom. The first-order chi connectivity index (χ1) is 13.1. The number of benzene rings is 2. The van der Waals surface area contributed by atoms with Gasteiger partial charge in [-0.05, 0) is 54.9 Å². The molecule has 146 valence electrons. The normalized spacial score (nSPS) is 12.0. The predicted molar refractivity (Wildman–Crippen MR) is 111 cm³/mol. The second-order valence-corrected chi connectivity index (χ2v) is 7.12. The van der Waals surface area contributed by atoms with E-state index in [1.165, 1.54) is 35.1 Å². The summed E-state index contributed by atoms with van der Waals surface area (Å²) in [6.07, 6.45) is 5.37. The van der Waals surface area contributed by atoms with Crippen molar-refractivity contribution < 1.29 is 14.3 Å². The first kappa shape index (κ1) is 21.2. The van der Waals surface area contributed by atoms with E-state index in [9.17, 15) is 4.79 Å². The van der Waals surface area contributed by atoms with Crippen LogP contribution in [-0.4, -0.2) is 26.3 Å². The van der Waals surface area contributed by atoms with Crippen molar-refractivity contribution in [1.29, 1.82) is 0 Å². The van der Waals surface area contributed by atoms with Crippen molar-refractivity contribution in [2.45, 2.75) is 46.0 Å². The number of carbonyl (C=O) groups excluding carboxylic acids is 1. The van der Waals surface area contributed by atoms with Crippen molar-refractivity contribution in [2.75, 3.05) is 20.3 Å². The summed E-state index contributed by atoms with van der Waals surface area (Å²) in [5.74, 6) is -0.391. The molecule has 0 radical (unpaired) electrons. The lowest BCUT2D eigenvalue weighted by molar-refractivity contribution is -0.149. The van der Waals surface area contributed by atoms with Crippen LogP contribution in [0.4, 0.5) is 0 Å². The summed E-state index contributed by atoms with van der Waals surface area (Å²) < 4.78 is 10.3. The number of aryl methyl sites for hydroxylation is 2. The molecule has 0 fully saturated rings. The standard InChI is InChI=1S/C24H32O3/c1-4-5-7-20-9-13-22(14-10-20)23-15-11-21(12-16-23)8-6-17-27-24(25)19(2)18-26-3/h9-16,19H,4-8,17-18H2,1-3H3. The number of methoxy groups -OCH3 is 1. The smallest absolute Gasteiger partial charge is 0.310 e. The highest BCUT2D eigenvalue weighted by molar-refractivity contribution is 5.72. The quantitative estimate of drug-likeness (QED) is 0.390. The Morgan fingerprint density at radius 1 is 0.889 bits per heavy atom. The van der Waals surface area contributed by atoms with Crippen molar-refractivity contribution in [1.82, 2.24) is 0 Å². The first-order valence-corrected chi connectivity index (χ1v) is 9.98. The third kappa shape index (κ3) is 7.18. The van der Waals surface area contributed by atoms with E-state index in [0.29, 0.717) is 13.2 Å². The van der Waals surface area contributed by atoms with Gasteiger partial charge in [0.15, 0.2) is 0 Å². The molecule has 0 saturated carbocycles. The number of hydrogen-bond donors (Lipinski definition) is 0. The zero-order valence-corrected chi connectivity index (χ0v) is 16.9. The molecule has 0 aliphatic heterocycles. The molecule has 0 aromatic heterocycles. The van der Waals surface area contributed by atoms with Gasteiger partial charge in [0.1, 0.15) is 0 Å². The summed E-state index contributed by atoms with van der Waals surface area (Å²) in [4.78, 5) is 11.7. The fourth-order valence-corrected chi connectivity index (χ4v) is 3.02. The van der Waals surface area contributed by atoms with E-state index in [1.54, 1.807) is 7.11 Å². The van der Waals surface area contributed by atoms with Gasteiger partial charge < -0.3 is 9.47 Å². The van der Waals surface area contributed by atoms with Gasteiger partial charge in [-0.1, -0.05) is 61.9 Å². The minimum Gasteiger partial charge on any atom is -0.465 e. The monoisotopic (exact) mass is 368 g/mol. The van der Waals surface area contributed by atoms with Gasteiger partial charge in [0.05, 0.1) is 19.1 Å². The molecule has 0 aliphatic rings. The van der Waals surface area contributed by atoms with Crippen LogP contribution in [0.15, 0.2) is 48.5 Å². The van der Waals surface area contributed by atoms with Crippen LogP contribution >= 0.6 is 0 Å². The molecule has 3 nitrogen and oxygen atoms in total. The van der Waals surface area contributed by atoms with E-state index in [0.717, 1.165) is 19.3 Å².